The number of unbranched alkanes of at least 4 members (excludes halogenated alkanes) is 14. The first-order valence-electron chi connectivity index (χ1n) is 14.6. The van der Waals surface area contributed by atoms with Crippen molar-refractivity contribution in [1.82, 2.24) is 0 Å². The van der Waals surface area contributed by atoms with Crippen molar-refractivity contribution in [1.29, 1.82) is 0 Å². The Labute approximate surface area is 226 Å². The van der Waals surface area contributed by atoms with Gasteiger partial charge in [0, 0.05) is 23.5 Å². The molecule has 1 aromatic carbocycles. The Balaban J connectivity index is 2.18. The van der Waals surface area contributed by atoms with Crippen LogP contribution in [0.15, 0.2) is 12.1 Å². The van der Waals surface area contributed by atoms with Crippen molar-refractivity contribution in [3.63, 3.8) is 0 Å². The van der Waals surface area contributed by atoms with E-state index in [9.17, 15) is 4.79 Å². The van der Waals surface area contributed by atoms with Crippen LogP contribution in [0.2, 0.25) is 0 Å². The lowest BCUT2D eigenvalue weighted by atomic mass is 10.0. The van der Waals surface area contributed by atoms with E-state index in [1.807, 2.05) is 23.5 Å². The van der Waals surface area contributed by atoms with Crippen molar-refractivity contribution in [2.75, 3.05) is 11.5 Å². The standard InChI is InChI=1S/C31H54O2S2/c1-5-8-9-10-11-12-13-14-15-16-17-18-19-20-21-22-30(32)33-31-27(4)23-28(25-34-6-2)24-29(31)26-35-7-3/h23-24H,5-22,25-26H2,1-4H3. The molecule has 0 fully saturated rings. The lowest BCUT2D eigenvalue weighted by Crippen LogP contribution is -2.10. The van der Waals surface area contributed by atoms with E-state index in [2.05, 4.69) is 39.8 Å². The van der Waals surface area contributed by atoms with Crippen molar-refractivity contribution in [2.24, 2.45) is 0 Å². The molecular weight excluding hydrogens is 468 g/mol. The molecule has 0 unspecified atom stereocenters. The van der Waals surface area contributed by atoms with Gasteiger partial charge in [0.05, 0.1) is 0 Å². The second-order valence-electron chi connectivity index (χ2n) is 9.85. The zero-order valence-electron chi connectivity index (χ0n) is 23.4. The van der Waals surface area contributed by atoms with E-state index in [1.54, 1.807) is 0 Å². The van der Waals surface area contributed by atoms with Crippen LogP contribution in [0.1, 0.15) is 140 Å². The maximum Gasteiger partial charge on any atom is 0.311 e. The second kappa shape index (κ2) is 22.6. The Bertz CT molecular complexity index is 660. The molecule has 0 radical (unpaired) electrons. The quantitative estimate of drug-likeness (QED) is 0.0811. The molecule has 0 saturated carbocycles. The first kappa shape index (κ1) is 32.4. The highest BCUT2D eigenvalue weighted by molar-refractivity contribution is 7.98. The monoisotopic (exact) mass is 522 g/mol. The fourth-order valence-electron chi connectivity index (χ4n) is 4.50. The predicted molar refractivity (Wildman–Crippen MR) is 160 cm³/mol. The van der Waals surface area contributed by atoms with Gasteiger partial charge < -0.3 is 4.74 Å². The summed E-state index contributed by atoms with van der Waals surface area (Å²) < 4.78 is 5.89. The fourth-order valence-corrected chi connectivity index (χ4v) is 5.75. The Hall–Kier alpha value is -0.610. The summed E-state index contributed by atoms with van der Waals surface area (Å²) >= 11 is 3.82. The average molecular weight is 523 g/mol. The zero-order valence-corrected chi connectivity index (χ0v) is 25.1. The Kier molecular flexibility index (Phi) is 20.9. The molecule has 0 heterocycles. The summed E-state index contributed by atoms with van der Waals surface area (Å²) in [6, 6.07) is 4.44. The molecule has 0 amide bonds. The zero-order chi connectivity index (χ0) is 25.6. The molecule has 0 aliphatic carbocycles. The van der Waals surface area contributed by atoms with Gasteiger partial charge in [-0.3, -0.25) is 4.79 Å². The van der Waals surface area contributed by atoms with Crippen LogP contribution >= 0.6 is 23.5 Å². The maximum absolute atomic E-state index is 12.5. The van der Waals surface area contributed by atoms with Gasteiger partial charge in [0.2, 0.25) is 0 Å². The van der Waals surface area contributed by atoms with Crippen molar-refractivity contribution in [3.8, 4) is 5.75 Å². The highest BCUT2D eigenvalue weighted by Gasteiger charge is 2.14. The molecule has 202 valence electrons. The number of thioether (sulfide) groups is 2. The molecule has 4 heteroatoms. The van der Waals surface area contributed by atoms with Crippen LogP contribution in [0.5, 0.6) is 5.75 Å². The van der Waals surface area contributed by atoms with Crippen LogP contribution in [0, 0.1) is 6.92 Å². The largest absolute Gasteiger partial charge is 0.426 e. The summed E-state index contributed by atoms with van der Waals surface area (Å²) in [4.78, 5) is 12.5. The Morgan fingerprint density at radius 2 is 1.17 bits per heavy atom. The van der Waals surface area contributed by atoms with Gasteiger partial charge in [-0.25, -0.2) is 0 Å². The SMILES string of the molecule is CCCCCCCCCCCCCCCCCC(=O)Oc1c(C)cc(CSCC)cc1CSCC. The molecule has 0 aromatic heterocycles. The summed E-state index contributed by atoms with van der Waals surface area (Å²) in [6.07, 6.45) is 20.6. The van der Waals surface area contributed by atoms with Gasteiger partial charge in [-0.2, -0.15) is 23.5 Å². The van der Waals surface area contributed by atoms with Crippen LogP contribution in [0.25, 0.3) is 0 Å². The van der Waals surface area contributed by atoms with Crippen molar-refractivity contribution in [2.45, 2.75) is 142 Å². The molecule has 0 aliphatic heterocycles. The lowest BCUT2D eigenvalue weighted by molar-refractivity contribution is -0.134. The summed E-state index contributed by atoms with van der Waals surface area (Å²) in [5.41, 5.74) is 3.60. The van der Waals surface area contributed by atoms with E-state index in [0.29, 0.717) is 6.42 Å². The number of carbonyl (C=O) groups is 1. The number of benzene rings is 1. The average Bonchev–Trinajstić information content (AvgIpc) is 2.85. The third-order valence-corrected chi connectivity index (χ3v) is 8.42. The Morgan fingerprint density at radius 3 is 1.69 bits per heavy atom. The first-order valence-corrected chi connectivity index (χ1v) is 16.9. The molecule has 0 spiro atoms. The van der Waals surface area contributed by atoms with Crippen LogP contribution in [0.4, 0.5) is 0 Å². The van der Waals surface area contributed by atoms with E-state index in [-0.39, 0.29) is 5.97 Å². The number of hydrogen-bond acceptors (Lipinski definition) is 4. The molecule has 35 heavy (non-hydrogen) atoms. The van der Waals surface area contributed by atoms with E-state index in [0.717, 1.165) is 47.2 Å². The Morgan fingerprint density at radius 1 is 0.686 bits per heavy atom. The van der Waals surface area contributed by atoms with Gasteiger partial charge in [-0.05, 0) is 36.0 Å². The number of hydrogen-bond donors (Lipinski definition) is 0. The van der Waals surface area contributed by atoms with Gasteiger partial charge in [0.15, 0.2) is 0 Å². The molecular formula is C31H54O2S2. The number of carbonyl (C=O) groups excluding carboxylic acids is 1. The normalized spacial score (nSPS) is 11.2. The minimum Gasteiger partial charge on any atom is -0.426 e. The third kappa shape index (κ3) is 16.7. The predicted octanol–water partition coefficient (Wildman–Crippen LogP) is 10.7. The van der Waals surface area contributed by atoms with Crippen LogP contribution in [0.3, 0.4) is 0 Å². The van der Waals surface area contributed by atoms with E-state index in [4.69, 9.17) is 4.74 Å². The molecule has 0 N–H and O–H groups in total. The van der Waals surface area contributed by atoms with Crippen LogP contribution in [-0.2, 0) is 16.3 Å². The van der Waals surface area contributed by atoms with Gasteiger partial charge in [0.25, 0.3) is 0 Å². The number of rotatable bonds is 23. The minimum atomic E-state index is -0.0683. The highest BCUT2D eigenvalue weighted by Crippen LogP contribution is 2.31. The highest BCUT2D eigenvalue weighted by atomic mass is 32.2. The first-order chi connectivity index (χ1) is 17.1. The molecule has 1 rings (SSSR count). The lowest BCUT2D eigenvalue weighted by Gasteiger charge is -2.15. The third-order valence-electron chi connectivity index (χ3n) is 6.55. The molecule has 0 saturated heterocycles. The van der Waals surface area contributed by atoms with Gasteiger partial charge in [-0.1, -0.05) is 123 Å². The van der Waals surface area contributed by atoms with E-state index >= 15 is 0 Å². The van der Waals surface area contributed by atoms with Crippen molar-refractivity contribution >= 4 is 29.5 Å². The number of ether oxygens (including phenoxy) is 1. The maximum atomic E-state index is 12.5. The fraction of sp³-hybridized carbons (Fsp3) is 0.774. The summed E-state index contributed by atoms with van der Waals surface area (Å²) in [5, 5.41) is 0. The van der Waals surface area contributed by atoms with Crippen molar-refractivity contribution in [3.05, 3.63) is 28.8 Å². The van der Waals surface area contributed by atoms with Gasteiger partial charge in [0.1, 0.15) is 5.75 Å². The number of esters is 1. The summed E-state index contributed by atoms with van der Waals surface area (Å²) in [6.45, 7) is 8.73. The van der Waals surface area contributed by atoms with Crippen LogP contribution < -0.4 is 4.74 Å². The minimum absolute atomic E-state index is 0.0683. The molecule has 0 atom stereocenters. The smallest absolute Gasteiger partial charge is 0.311 e. The topological polar surface area (TPSA) is 26.3 Å². The number of aryl methyl sites for hydroxylation is 1. The molecule has 0 bridgehead atoms. The van der Waals surface area contributed by atoms with Crippen LogP contribution in [-0.4, -0.2) is 17.5 Å². The second-order valence-corrected chi connectivity index (χ2v) is 12.4. The molecule has 1 aromatic rings. The molecule has 2 nitrogen and oxygen atoms in total. The van der Waals surface area contributed by atoms with Crippen molar-refractivity contribution < 1.29 is 9.53 Å². The van der Waals surface area contributed by atoms with Gasteiger partial charge in [-0.15, -0.1) is 0 Å². The molecule has 0 aliphatic rings. The van der Waals surface area contributed by atoms with E-state index in [1.165, 1.54) is 94.6 Å². The van der Waals surface area contributed by atoms with Gasteiger partial charge >= 0.3 is 5.97 Å². The summed E-state index contributed by atoms with van der Waals surface area (Å²) in [5.74, 6) is 4.86. The van der Waals surface area contributed by atoms with E-state index < -0.39 is 0 Å². The summed E-state index contributed by atoms with van der Waals surface area (Å²) in [7, 11) is 0.